The number of aromatic nitrogens is 1. The molecule has 9 heteroatoms. The third-order valence-corrected chi connectivity index (χ3v) is 6.00. The van der Waals surface area contributed by atoms with Crippen LogP contribution in [0.25, 0.3) is 0 Å². The van der Waals surface area contributed by atoms with E-state index >= 15 is 0 Å². The van der Waals surface area contributed by atoms with Gasteiger partial charge in [-0.05, 0) is 31.6 Å². The summed E-state index contributed by atoms with van der Waals surface area (Å²) in [5.41, 5.74) is -0.890. The molecule has 2 aliphatic rings. The van der Waals surface area contributed by atoms with Crippen LogP contribution in [0.2, 0.25) is 0 Å². The Kier molecular flexibility index (Phi) is 5.55. The average molecular weight is 389 g/mol. The molecule has 144 valence electrons. The van der Waals surface area contributed by atoms with Gasteiger partial charge in [-0.25, -0.2) is 4.98 Å². The number of carbonyl (C=O) groups excluding carboxylic acids is 2. The number of alkyl halides is 3. The summed E-state index contributed by atoms with van der Waals surface area (Å²) in [6, 6.07) is 0. The molecule has 2 amide bonds. The lowest BCUT2D eigenvalue weighted by atomic mass is 9.98. The summed E-state index contributed by atoms with van der Waals surface area (Å²) >= 11 is 0.969. The van der Waals surface area contributed by atoms with Crippen molar-refractivity contribution in [2.45, 2.75) is 44.7 Å². The molecule has 0 aliphatic carbocycles. The summed E-state index contributed by atoms with van der Waals surface area (Å²) in [5, 5.41) is 1.39. The van der Waals surface area contributed by atoms with Crippen LogP contribution in [-0.2, 0) is 15.8 Å². The summed E-state index contributed by atoms with van der Waals surface area (Å²) in [4.78, 5) is 31.9. The molecule has 2 aliphatic heterocycles. The van der Waals surface area contributed by atoms with Gasteiger partial charge in [0.05, 0.1) is 5.01 Å². The van der Waals surface area contributed by atoms with E-state index in [9.17, 15) is 22.8 Å². The van der Waals surface area contributed by atoms with Crippen molar-refractivity contribution in [3.63, 3.8) is 0 Å². The van der Waals surface area contributed by atoms with Gasteiger partial charge in [0.2, 0.25) is 0 Å². The number of thiazole rings is 1. The van der Waals surface area contributed by atoms with Crippen molar-refractivity contribution in [1.29, 1.82) is 0 Å². The Hall–Kier alpha value is -1.64. The number of hydrogen-bond acceptors (Lipinski definition) is 4. The first-order chi connectivity index (χ1) is 12.3. The molecular weight excluding hydrogens is 367 g/mol. The van der Waals surface area contributed by atoms with Gasteiger partial charge in [-0.15, -0.1) is 11.3 Å². The molecule has 1 aromatic heterocycles. The summed E-state index contributed by atoms with van der Waals surface area (Å²) in [7, 11) is 0. The van der Waals surface area contributed by atoms with E-state index in [1.54, 1.807) is 4.90 Å². The molecule has 3 heterocycles. The Morgan fingerprint density at radius 1 is 1.12 bits per heavy atom. The van der Waals surface area contributed by atoms with Crippen LogP contribution >= 0.6 is 11.3 Å². The van der Waals surface area contributed by atoms with Crippen molar-refractivity contribution in [1.82, 2.24) is 14.8 Å². The minimum Gasteiger partial charge on any atom is -0.334 e. The molecular formula is C17H22F3N3O2S. The third kappa shape index (κ3) is 4.19. The third-order valence-electron chi connectivity index (χ3n) is 5.00. The van der Waals surface area contributed by atoms with Crippen molar-refractivity contribution in [2.24, 2.45) is 5.92 Å². The van der Waals surface area contributed by atoms with Crippen molar-refractivity contribution in [3.8, 4) is 0 Å². The Morgan fingerprint density at radius 3 is 2.31 bits per heavy atom. The molecule has 26 heavy (non-hydrogen) atoms. The molecule has 0 saturated carbocycles. The number of nitrogens with zero attached hydrogens (tertiary/aromatic N) is 3. The summed E-state index contributed by atoms with van der Waals surface area (Å²) in [6.45, 7) is 3.94. The zero-order chi connectivity index (χ0) is 18.9. The fourth-order valence-corrected chi connectivity index (χ4v) is 4.57. The molecule has 3 rings (SSSR count). The first kappa shape index (κ1) is 19.1. The van der Waals surface area contributed by atoms with E-state index in [0.717, 1.165) is 29.6 Å². The second kappa shape index (κ2) is 7.54. The number of carbonyl (C=O) groups is 2. The average Bonchev–Trinajstić information content (AvgIpc) is 3.11. The van der Waals surface area contributed by atoms with Gasteiger partial charge in [0.1, 0.15) is 0 Å². The Bertz CT molecular complexity index is 676. The molecule has 0 bridgehead atoms. The highest BCUT2D eigenvalue weighted by Crippen LogP contribution is 2.35. The highest BCUT2D eigenvalue weighted by Gasteiger charge is 2.37. The normalized spacial score (nSPS) is 24.6. The van der Waals surface area contributed by atoms with Crippen molar-refractivity contribution in [3.05, 3.63) is 16.1 Å². The van der Waals surface area contributed by atoms with Crippen LogP contribution in [0.5, 0.6) is 0 Å². The Balaban J connectivity index is 1.65. The van der Waals surface area contributed by atoms with E-state index in [1.165, 1.54) is 4.90 Å². The van der Waals surface area contributed by atoms with Crippen LogP contribution in [0, 0.1) is 5.92 Å². The predicted octanol–water partition coefficient (Wildman–Crippen LogP) is 3.13. The zero-order valence-electron chi connectivity index (χ0n) is 14.6. The second-order valence-corrected chi connectivity index (χ2v) is 8.05. The molecule has 2 saturated heterocycles. The lowest BCUT2D eigenvalue weighted by Gasteiger charge is -2.35. The van der Waals surface area contributed by atoms with Crippen LogP contribution in [-0.4, -0.2) is 52.8 Å². The van der Waals surface area contributed by atoms with E-state index in [4.69, 9.17) is 0 Å². The summed E-state index contributed by atoms with van der Waals surface area (Å²) in [5.74, 6) is -0.906. The first-order valence-electron chi connectivity index (χ1n) is 8.86. The Labute approximate surface area is 154 Å². The molecule has 2 unspecified atom stereocenters. The van der Waals surface area contributed by atoms with Gasteiger partial charge < -0.3 is 9.80 Å². The molecule has 0 spiro atoms. The van der Waals surface area contributed by atoms with Crippen LogP contribution in [0.1, 0.15) is 49.2 Å². The number of rotatable bonds is 1. The topological polar surface area (TPSA) is 53.5 Å². The maximum Gasteiger partial charge on any atom is 0.434 e. The minimum atomic E-state index is -4.46. The predicted molar refractivity (Wildman–Crippen MR) is 90.6 cm³/mol. The van der Waals surface area contributed by atoms with Gasteiger partial charge in [-0.2, -0.15) is 13.2 Å². The van der Waals surface area contributed by atoms with Gasteiger partial charge in [0.15, 0.2) is 5.69 Å². The van der Waals surface area contributed by atoms with Gasteiger partial charge in [0, 0.05) is 37.5 Å². The smallest absolute Gasteiger partial charge is 0.334 e. The molecule has 1 aromatic rings. The number of hydrogen-bond donors (Lipinski definition) is 0. The molecule has 0 aromatic carbocycles. The molecule has 2 fully saturated rings. The lowest BCUT2D eigenvalue weighted by molar-refractivity contribution is -0.153. The highest BCUT2D eigenvalue weighted by molar-refractivity contribution is 7.09. The molecule has 5 nitrogen and oxygen atoms in total. The maximum atomic E-state index is 12.7. The molecule has 0 N–H and O–H groups in total. The maximum absolute atomic E-state index is 12.7. The van der Waals surface area contributed by atoms with Crippen LogP contribution in [0.15, 0.2) is 5.38 Å². The van der Waals surface area contributed by atoms with Crippen molar-refractivity contribution >= 4 is 23.2 Å². The van der Waals surface area contributed by atoms with E-state index in [0.29, 0.717) is 43.4 Å². The fourth-order valence-electron chi connectivity index (χ4n) is 3.61. The summed E-state index contributed by atoms with van der Waals surface area (Å²) < 4.78 is 38.2. The van der Waals surface area contributed by atoms with Crippen LogP contribution < -0.4 is 0 Å². The minimum absolute atomic E-state index is 0.248. The zero-order valence-corrected chi connectivity index (χ0v) is 15.4. The van der Waals surface area contributed by atoms with Gasteiger partial charge in [-0.1, -0.05) is 6.92 Å². The fraction of sp³-hybridized carbons (Fsp3) is 0.706. The second-order valence-electron chi connectivity index (χ2n) is 7.16. The van der Waals surface area contributed by atoms with E-state index < -0.39 is 23.7 Å². The molecule has 2 atom stereocenters. The Morgan fingerprint density at radius 2 is 1.73 bits per heavy atom. The lowest BCUT2D eigenvalue weighted by Crippen LogP contribution is -2.50. The SMILES string of the molecule is CC1CCCN(C(=O)C(=O)N2CCCC(c3nc(C(F)(F)F)cs3)C2)C1. The number of likely N-dealkylation sites (tertiary alicyclic amines) is 2. The van der Waals surface area contributed by atoms with Crippen LogP contribution in [0.3, 0.4) is 0 Å². The van der Waals surface area contributed by atoms with Crippen molar-refractivity contribution in [2.75, 3.05) is 26.2 Å². The van der Waals surface area contributed by atoms with E-state index in [1.807, 2.05) is 0 Å². The van der Waals surface area contributed by atoms with E-state index in [-0.39, 0.29) is 12.5 Å². The van der Waals surface area contributed by atoms with Gasteiger partial charge in [-0.3, -0.25) is 9.59 Å². The number of piperidine rings is 2. The first-order valence-corrected chi connectivity index (χ1v) is 9.74. The standard InChI is InChI=1S/C17H22F3N3O2S/c1-11-4-2-6-22(8-11)15(24)16(25)23-7-3-5-12(9-23)14-21-13(10-26-14)17(18,19)20/h10-12H,2-9H2,1H3. The largest absolute Gasteiger partial charge is 0.434 e. The summed E-state index contributed by atoms with van der Waals surface area (Å²) in [6.07, 6.45) is -1.19. The van der Waals surface area contributed by atoms with Gasteiger partial charge in [0.25, 0.3) is 0 Å². The quantitative estimate of drug-likeness (QED) is 0.694. The van der Waals surface area contributed by atoms with Crippen LogP contribution in [0.4, 0.5) is 13.2 Å². The molecule has 0 radical (unpaired) electrons. The number of amides is 2. The monoisotopic (exact) mass is 389 g/mol. The van der Waals surface area contributed by atoms with E-state index in [2.05, 4.69) is 11.9 Å². The van der Waals surface area contributed by atoms with Crippen molar-refractivity contribution < 1.29 is 22.8 Å². The highest BCUT2D eigenvalue weighted by atomic mass is 32.1. The van der Waals surface area contributed by atoms with Gasteiger partial charge >= 0.3 is 18.0 Å². The number of halogens is 3.